The Labute approximate surface area is 169 Å². The van der Waals surface area contributed by atoms with E-state index >= 15 is 0 Å². The van der Waals surface area contributed by atoms with Gasteiger partial charge in [0.25, 0.3) is 0 Å². The third kappa shape index (κ3) is 10.8. The molecule has 4 heteroatoms. The highest BCUT2D eigenvalue weighted by molar-refractivity contribution is 4.88. The van der Waals surface area contributed by atoms with Gasteiger partial charge in [0.15, 0.2) is 0 Å². The molecule has 0 aromatic heterocycles. The third-order valence-electron chi connectivity index (χ3n) is 6.20. The van der Waals surface area contributed by atoms with E-state index in [0.717, 1.165) is 19.4 Å². The zero-order valence-corrected chi connectivity index (χ0v) is 20.1. The lowest BCUT2D eigenvalue weighted by Gasteiger charge is -2.43. The summed E-state index contributed by atoms with van der Waals surface area (Å²) in [5.41, 5.74) is -1.19. The van der Waals surface area contributed by atoms with Gasteiger partial charge in [0.2, 0.25) is 0 Å². The second kappa shape index (κ2) is 10.6. The zero-order chi connectivity index (χ0) is 21.5. The van der Waals surface area contributed by atoms with E-state index in [1.165, 1.54) is 0 Å². The molecule has 0 aliphatic heterocycles. The van der Waals surface area contributed by atoms with E-state index in [-0.39, 0.29) is 22.7 Å². The molecule has 4 nitrogen and oxygen atoms in total. The van der Waals surface area contributed by atoms with E-state index < -0.39 is 5.60 Å². The molecule has 0 bridgehead atoms. The molecule has 0 fully saturated rings. The summed E-state index contributed by atoms with van der Waals surface area (Å²) >= 11 is 0. The second-order valence-electron chi connectivity index (χ2n) is 10.6. The van der Waals surface area contributed by atoms with Gasteiger partial charge in [-0.2, -0.15) is 0 Å². The van der Waals surface area contributed by atoms with Crippen LogP contribution in [0.5, 0.6) is 0 Å². The van der Waals surface area contributed by atoms with E-state index in [1.807, 2.05) is 13.8 Å². The van der Waals surface area contributed by atoms with E-state index in [2.05, 4.69) is 62.3 Å². The summed E-state index contributed by atoms with van der Waals surface area (Å²) in [4.78, 5) is 0. The molecule has 0 aliphatic carbocycles. The van der Waals surface area contributed by atoms with Gasteiger partial charge in [-0.3, -0.25) is 0 Å². The molecule has 1 N–H and O–H groups in total. The Morgan fingerprint density at radius 3 is 1.74 bits per heavy atom. The van der Waals surface area contributed by atoms with Crippen molar-refractivity contribution in [2.45, 2.75) is 118 Å². The molecule has 0 aromatic rings. The predicted molar refractivity (Wildman–Crippen MR) is 114 cm³/mol. The van der Waals surface area contributed by atoms with Crippen LogP contribution in [0.1, 0.15) is 95.4 Å². The van der Waals surface area contributed by atoms with Crippen LogP contribution in [-0.2, 0) is 14.2 Å². The number of rotatable bonds is 14. The Morgan fingerprint density at radius 1 is 0.741 bits per heavy atom. The largest absolute Gasteiger partial charge is 0.390 e. The Balaban J connectivity index is 4.48. The predicted octanol–water partition coefficient (Wildman–Crippen LogP) is 5.61. The molecule has 27 heavy (non-hydrogen) atoms. The number of hydrogen-bond donors (Lipinski definition) is 1. The molecule has 1 unspecified atom stereocenters. The minimum Gasteiger partial charge on any atom is -0.390 e. The molecule has 0 saturated heterocycles. The first-order valence-corrected chi connectivity index (χ1v) is 10.6. The highest BCUT2D eigenvalue weighted by atomic mass is 16.5. The van der Waals surface area contributed by atoms with Crippen molar-refractivity contribution in [3.8, 4) is 0 Å². The monoisotopic (exact) mass is 388 g/mol. The summed E-state index contributed by atoms with van der Waals surface area (Å²) in [5.74, 6) is 0.426. The first-order chi connectivity index (χ1) is 12.0. The highest BCUT2D eigenvalue weighted by Crippen LogP contribution is 2.38. The van der Waals surface area contributed by atoms with Gasteiger partial charge < -0.3 is 19.3 Å². The number of hydrogen-bond acceptors (Lipinski definition) is 4. The molecule has 164 valence electrons. The maximum Gasteiger partial charge on any atom is 0.0678 e. The van der Waals surface area contributed by atoms with Crippen LogP contribution in [0.2, 0.25) is 0 Å². The summed E-state index contributed by atoms with van der Waals surface area (Å²) in [6, 6.07) is 0. The van der Waals surface area contributed by atoms with Crippen molar-refractivity contribution in [2.24, 2.45) is 11.3 Å². The summed E-state index contributed by atoms with van der Waals surface area (Å²) in [6.45, 7) is 25.1. The smallest absolute Gasteiger partial charge is 0.0678 e. The van der Waals surface area contributed by atoms with E-state index in [0.29, 0.717) is 25.6 Å². The van der Waals surface area contributed by atoms with Crippen molar-refractivity contribution in [1.29, 1.82) is 0 Å². The van der Waals surface area contributed by atoms with Crippen LogP contribution in [0, 0.1) is 11.3 Å². The van der Waals surface area contributed by atoms with E-state index in [1.54, 1.807) is 0 Å². The topological polar surface area (TPSA) is 47.9 Å². The van der Waals surface area contributed by atoms with Crippen LogP contribution >= 0.6 is 0 Å². The normalized spacial score (nSPS) is 15.4. The minimum absolute atomic E-state index is 0.0350. The van der Waals surface area contributed by atoms with Gasteiger partial charge in [-0.1, -0.05) is 20.8 Å². The number of aliphatic hydroxyl groups is 1. The van der Waals surface area contributed by atoms with Gasteiger partial charge in [0.05, 0.1) is 29.5 Å². The van der Waals surface area contributed by atoms with E-state index in [9.17, 15) is 5.11 Å². The Hall–Kier alpha value is -0.160. The van der Waals surface area contributed by atoms with Gasteiger partial charge in [0.1, 0.15) is 0 Å². The molecule has 1 atom stereocenters. The number of ether oxygens (including phenoxy) is 3. The molecular formula is C23H48O4. The van der Waals surface area contributed by atoms with Gasteiger partial charge in [-0.15, -0.1) is 0 Å². The Morgan fingerprint density at radius 2 is 1.26 bits per heavy atom. The second-order valence-corrected chi connectivity index (χ2v) is 10.6. The van der Waals surface area contributed by atoms with Gasteiger partial charge >= 0.3 is 0 Å². The quantitative estimate of drug-likeness (QED) is 0.420. The SMILES string of the molecule is CC(C)OCCC(C)C(C)(C)OCCC(C)(C)C(C)(C)OCCC(C)(C)O. The van der Waals surface area contributed by atoms with Gasteiger partial charge in [0, 0.05) is 13.2 Å². The lowest BCUT2D eigenvalue weighted by molar-refractivity contribution is -0.130. The molecule has 0 radical (unpaired) electrons. The summed E-state index contributed by atoms with van der Waals surface area (Å²) < 4.78 is 18.1. The molecular weight excluding hydrogens is 340 g/mol. The zero-order valence-electron chi connectivity index (χ0n) is 20.1. The standard InChI is InChI=1S/C23H48O4/c1-18(2)25-15-12-19(3)22(8,9)26-16-13-20(4,5)23(10,11)27-17-14-21(6,7)24/h18-19,24H,12-17H2,1-11H3. The Kier molecular flexibility index (Phi) is 10.5. The lowest BCUT2D eigenvalue weighted by Crippen LogP contribution is -2.44. The fourth-order valence-corrected chi connectivity index (χ4v) is 2.59. The molecule has 0 aromatic carbocycles. The van der Waals surface area contributed by atoms with Crippen LogP contribution in [0.25, 0.3) is 0 Å². The summed E-state index contributed by atoms with van der Waals surface area (Å²) in [5, 5.41) is 9.88. The van der Waals surface area contributed by atoms with Crippen molar-refractivity contribution < 1.29 is 19.3 Å². The lowest BCUT2D eigenvalue weighted by atomic mass is 9.74. The molecule has 0 aliphatic rings. The van der Waals surface area contributed by atoms with Crippen LogP contribution in [0.4, 0.5) is 0 Å². The Bertz CT molecular complexity index is 405. The van der Waals surface area contributed by atoms with Crippen LogP contribution in [0.15, 0.2) is 0 Å². The van der Waals surface area contributed by atoms with Crippen LogP contribution in [-0.4, -0.2) is 47.8 Å². The maximum atomic E-state index is 9.88. The average Bonchev–Trinajstić information content (AvgIpc) is 2.44. The van der Waals surface area contributed by atoms with Crippen molar-refractivity contribution >= 4 is 0 Å². The molecule has 0 amide bonds. The molecule has 0 heterocycles. The van der Waals surface area contributed by atoms with Gasteiger partial charge in [-0.25, -0.2) is 0 Å². The minimum atomic E-state index is -0.692. The van der Waals surface area contributed by atoms with Crippen molar-refractivity contribution in [2.75, 3.05) is 19.8 Å². The molecule has 0 spiro atoms. The molecule has 0 saturated carbocycles. The van der Waals surface area contributed by atoms with Gasteiger partial charge in [-0.05, 0) is 86.0 Å². The molecule has 0 rings (SSSR count). The average molecular weight is 389 g/mol. The van der Waals surface area contributed by atoms with E-state index in [4.69, 9.17) is 14.2 Å². The first-order valence-electron chi connectivity index (χ1n) is 10.6. The van der Waals surface area contributed by atoms with Crippen LogP contribution < -0.4 is 0 Å². The third-order valence-corrected chi connectivity index (χ3v) is 6.20. The van der Waals surface area contributed by atoms with Crippen LogP contribution in [0.3, 0.4) is 0 Å². The van der Waals surface area contributed by atoms with Crippen molar-refractivity contribution in [3.05, 3.63) is 0 Å². The highest BCUT2D eigenvalue weighted by Gasteiger charge is 2.38. The maximum absolute atomic E-state index is 9.88. The fourth-order valence-electron chi connectivity index (χ4n) is 2.59. The van der Waals surface area contributed by atoms with Crippen molar-refractivity contribution in [1.82, 2.24) is 0 Å². The fraction of sp³-hybridized carbons (Fsp3) is 1.00. The summed E-state index contributed by atoms with van der Waals surface area (Å²) in [6.07, 6.45) is 2.83. The first kappa shape index (κ1) is 26.8. The summed E-state index contributed by atoms with van der Waals surface area (Å²) in [7, 11) is 0. The van der Waals surface area contributed by atoms with Crippen molar-refractivity contribution in [3.63, 3.8) is 0 Å².